The number of amides is 1. The Morgan fingerprint density at radius 2 is 1.78 bits per heavy atom. The maximum atomic E-state index is 13.7. The average Bonchev–Trinajstić information content (AvgIpc) is 3.02. The third kappa shape index (κ3) is 3.57. The highest BCUT2D eigenvalue weighted by Crippen LogP contribution is 2.24. The first-order chi connectivity index (χ1) is 11.0. The van der Waals surface area contributed by atoms with E-state index in [0.717, 1.165) is 11.1 Å². The van der Waals surface area contributed by atoms with Crippen molar-refractivity contribution in [3.05, 3.63) is 65.0 Å². The van der Waals surface area contributed by atoms with Gasteiger partial charge >= 0.3 is 0 Å². The summed E-state index contributed by atoms with van der Waals surface area (Å²) in [5.41, 5.74) is 9.56. The van der Waals surface area contributed by atoms with Crippen molar-refractivity contribution in [2.45, 2.75) is 32.4 Å². The van der Waals surface area contributed by atoms with Crippen LogP contribution in [0.2, 0.25) is 0 Å². The van der Waals surface area contributed by atoms with Crippen LogP contribution in [0.25, 0.3) is 0 Å². The first-order valence-electron chi connectivity index (χ1n) is 7.67. The van der Waals surface area contributed by atoms with E-state index in [4.69, 9.17) is 0 Å². The first kappa shape index (κ1) is 15.6. The van der Waals surface area contributed by atoms with E-state index < -0.39 is 11.9 Å². The average molecular weight is 313 g/mol. The zero-order chi connectivity index (χ0) is 16.4. The molecule has 1 fully saturated rings. The molecule has 1 amide bonds. The summed E-state index contributed by atoms with van der Waals surface area (Å²) in [4.78, 5) is 12.3. The van der Waals surface area contributed by atoms with E-state index in [-0.39, 0.29) is 17.6 Å². The van der Waals surface area contributed by atoms with Crippen molar-refractivity contribution in [2.24, 2.45) is 0 Å². The Hall–Kier alpha value is -2.24. The SMILES string of the molecule is Cc1ccc(C2CC(C(=O)Nc3cc(C)ccc3F)NN2)cc1. The normalized spacial score (nSPS) is 20.5. The minimum Gasteiger partial charge on any atom is -0.322 e. The van der Waals surface area contributed by atoms with Gasteiger partial charge in [-0.15, -0.1) is 0 Å². The second-order valence-electron chi connectivity index (χ2n) is 6.01. The number of nitrogens with one attached hydrogen (secondary N) is 3. The Morgan fingerprint density at radius 1 is 1.09 bits per heavy atom. The maximum Gasteiger partial charge on any atom is 0.243 e. The Balaban J connectivity index is 1.65. The number of hydrogen-bond donors (Lipinski definition) is 3. The molecule has 2 aromatic rings. The van der Waals surface area contributed by atoms with Crippen molar-refractivity contribution >= 4 is 11.6 Å². The zero-order valence-corrected chi connectivity index (χ0v) is 13.2. The molecule has 3 N–H and O–H groups in total. The molecular formula is C18H20FN3O. The van der Waals surface area contributed by atoms with Gasteiger partial charge in [-0.2, -0.15) is 0 Å². The standard InChI is InChI=1S/C18H20FN3O/c1-11-3-6-13(7-4-11)15-10-17(22-21-15)18(23)20-16-9-12(2)5-8-14(16)19/h3-9,15,17,21-22H,10H2,1-2H3,(H,20,23). The number of carbonyl (C=O) groups is 1. The fourth-order valence-electron chi connectivity index (χ4n) is 2.70. The van der Waals surface area contributed by atoms with Gasteiger partial charge in [-0.3, -0.25) is 4.79 Å². The molecule has 2 unspecified atom stereocenters. The summed E-state index contributed by atoms with van der Waals surface area (Å²) in [7, 11) is 0. The maximum absolute atomic E-state index is 13.7. The quantitative estimate of drug-likeness (QED) is 0.816. The van der Waals surface area contributed by atoms with Crippen LogP contribution in [0.15, 0.2) is 42.5 Å². The van der Waals surface area contributed by atoms with Crippen molar-refractivity contribution in [1.82, 2.24) is 10.9 Å². The van der Waals surface area contributed by atoms with Gasteiger partial charge in [0.1, 0.15) is 11.9 Å². The molecule has 0 aromatic heterocycles. The summed E-state index contributed by atoms with van der Waals surface area (Å²) in [6.45, 7) is 3.90. The molecule has 2 aromatic carbocycles. The molecule has 0 saturated carbocycles. The molecular weight excluding hydrogens is 293 g/mol. The Bertz CT molecular complexity index is 715. The van der Waals surface area contributed by atoms with Gasteiger partial charge in [0.2, 0.25) is 5.91 Å². The summed E-state index contributed by atoms with van der Waals surface area (Å²) < 4.78 is 13.7. The van der Waals surface area contributed by atoms with Crippen LogP contribution < -0.4 is 16.2 Å². The molecule has 120 valence electrons. The molecule has 4 nitrogen and oxygen atoms in total. The number of aryl methyl sites for hydroxylation is 2. The van der Waals surface area contributed by atoms with Crippen LogP contribution in [0.4, 0.5) is 10.1 Å². The topological polar surface area (TPSA) is 53.2 Å². The highest BCUT2D eigenvalue weighted by Gasteiger charge is 2.30. The third-order valence-corrected chi connectivity index (χ3v) is 4.08. The van der Waals surface area contributed by atoms with Crippen LogP contribution in [-0.4, -0.2) is 11.9 Å². The Kier molecular flexibility index (Phi) is 4.41. The summed E-state index contributed by atoms with van der Waals surface area (Å²) in [6, 6.07) is 12.5. The predicted molar refractivity (Wildman–Crippen MR) is 88.4 cm³/mol. The van der Waals surface area contributed by atoms with Gasteiger partial charge in [0.15, 0.2) is 0 Å². The summed E-state index contributed by atoms with van der Waals surface area (Å²) in [6.07, 6.45) is 0.613. The highest BCUT2D eigenvalue weighted by molar-refractivity contribution is 5.95. The lowest BCUT2D eigenvalue weighted by Crippen LogP contribution is -2.39. The van der Waals surface area contributed by atoms with E-state index in [1.54, 1.807) is 12.1 Å². The number of benzene rings is 2. The molecule has 1 heterocycles. The minimum atomic E-state index is -0.426. The molecule has 0 bridgehead atoms. The van der Waals surface area contributed by atoms with Crippen LogP contribution >= 0.6 is 0 Å². The summed E-state index contributed by atoms with van der Waals surface area (Å²) >= 11 is 0. The number of carbonyl (C=O) groups excluding carboxylic acids is 1. The van der Waals surface area contributed by atoms with Crippen LogP contribution in [0.1, 0.15) is 29.2 Å². The molecule has 0 spiro atoms. The number of anilines is 1. The smallest absolute Gasteiger partial charge is 0.243 e. The molecule has 0 aliphatic carbocycles. The zero-order valence-electron chi connectivity index (χ0n) is 13.2. The van der Waals surface area contributed by atoms with Gasteiger partial charge in [0.25, 0.3) is 0 Å². The molecule has 2 atom stereocenters. The number of hydrogen-bond acceptors (Lipinski definition) is 3. The number of halogens is 1. The van der Waals surface area contributed by atoms with E-state index in [9.17, 15) is 9.18 Å². The van der Waals surface area contributed by atoms with Gasteiger partial charge in [-0.05, 0) is 43.5 Å². The van der Waals surface area contributed by atoms with Crippen molar-refractivity contribution in [1.29, 1.82) is 0 Å². The Labute approximate surface area is 135 Å². The van der Waals surface area contributed by atoms with Gasteiger partial charge < -0.3 is 5.32 Å². The number of rotatable bonds is 3. The van der Waals surface area contributed by atoms with Crippen molar-refractivity contribution in [2.75, 3.05) is 5.32 Å². The van der Waals surface area contributed by atoms with Gasteiger partial charge in [0, 0.05) is 6.04 Å². The van der Waals surface area contributed by atoms with Crippen LogP contribution in [0, 0.1) is 19.7 Å². The lowest BCUT2D eigenvalue weighted by molar-refractivity contribution is -0.117. The molecule has 23 heavy (non-hydrogen) atoms. The predicted octanol–water partition coefficient (Wildman–Crippen LogP) is 2.99. The van der Waals surface area contributed by atoms with Crippen LogP contribution in [0.3, 0.4) is 0 Å². The lowest BCUT2D eigenvalue weighted by Gasteiger charge is -2.12. The van der Waals surface area contributed by atoms with E-state index in [0.29, 0.717) is 6.42 Å². The highest BCUT2D eigenvalue weighted by atomic mass is 19.1. The largest absolute Gasteiger partial charge is 0.322 e. The third-order valence-electron chi connectivity index (χ3n) is 4.08. The van der Waals surface area contributed by atoms with Crippen molar-refractivity contribution in [3.8, 4) is 0 Å². The summed E-state index contributed by atoms with van der Waals surface area (Å²) in [5.74, 6) is -0.665. The fourth-order valence-corrected chi connectivity index (χ4v) is 2.70. The molecule has 3 rings (SSSR count). The van der Waals surface area contributed by atoms with Crippen LogP contribution in [0.5, 0.6) is 0 Å². The molecule has 1 aliphatic heterocycles. The van der Waals surface area contributed by atoms with E-state index in [1.165, 1.54) is 11.6 Å². The first-order valence-corrected chi connectivity index (χ1v) is 7.67. The summed E-state index contributed by atoms with van der Waals surface area (Å²) in [5, 5.41) is 2.66. The van der Waals surface area contributed by atoms with Gasteiger partial charge in [-0.1, -0.05) is 35.9 Å². The lowest BCUT2D eigenvalue weighted by atomic mass is 10.0. The fraction of sp³-hybridized carbons (Fsp3) is 0.278. The second-order valence-corrected chi connectivity index (χ2v) is 6.01. The van der Waals surface area contributed by atoms with E-state index in [2.05, 4.69) is 28.3 Å². The van der Waals surface area contributed by atoms with E-state index >= 15 is 0 Å². The molecule has 0 radical (unpaired) electrons. The molecule has 5 heteroatoms. The van der Waals surface area contributed by atoms with Gasteiger partial charge in [-0.25, -0.2) is 15.2 Å². The minimum absolute atomic E-state index is 0.0636. The van der Waals surface area contributed by atoms with Gasteiger partial charge in [0.05, 0.1) is 5.69 Å². The van der Waals surface area contributed by atoms with Crippen molar-refractivity contribution < 1.29 is 9.18 Å². The molecule has 1 saturated heterocycles. The van der Waals surface area contributed by atoms with Crippen LogP contribution in [-0.2, 0) is 4.79 Å². The second kappa shape index (κ2) is 6.48. The Morgan fingerprint density at radius 3 is 2.52 bits per heavy atom. The van der Waals surface area contributed by atoms with E-state index in [1.807, 2.05) is 26.0 Å². The number of hydrazine groups is 1. The van der Waals surface area contributed by atoms with Crippen molar-refractivity contribution in [3.63, 3.8) is 0 Å². The molecule has 1 aliphatic rings. The monoisotopic (exact) mass is 313 g/mol.